The van der Waals surface area contributed by atoms with Gasteiger partial charge in [0, 0.05) is 0 Å². The van der Waals surface area contributed by atoms with Crippen LogP contribution in [0.5, 0.6) is 0 Å². The average molecular weight is 365 g/mol. The molecule has 0 saturated carbocycles. The second-order valence-corrected chi connectivity index (χ2v) is 5.76. The predicted octanol–water partition coefficient (Wildman–Crippen LogP) is -1.71. The monoisotopic (exact) mass is 365 g/mol. The van der Waals surface area contributed by atoms with E-state index in [1.807, 2.05) is 5.32 Å². The second kappa shape index (κ2) is 9.51. The molecule has 11 heteroatoms. The van der Waals surface area contributed by atoms with E-state index in [4.69, 9.17) is 19.7 Å². The fraction of sp³-hybridized carbons (Fsp3) is 0.786. The van der Waals surface area contributed by atoms with Crippen molar-refractivity contribution in [3.63, 3.8) is 0 Å². The van der Waals surface area contributed by atoms with Gasteiger partial charge in [0.25, 0.3) is 0 Å². The number of aliphatic hydroxyl groups is 3. The van der Waals surface area contributed by atoms with Crippen molar-refractivity contribution in [1.29, 1.82) is 0 Å². The maximum Gasteiger partial charge on any atom is 0.407 e. The lowest BCUT2D eigenvalue weighted by Gasteiger charge is -2.39. The lowest BCUT2D eigenvalue weighted by atomic mass is 9.93. The number of ether oxygens (including phenoxy) is 2. The smallest absolute Gasteiger partial charge is 0.407 e. The summed E-state index contributed by atoms with van der Waals surface area (Å²) in [6.07, 6.45) is -6.65. The van der Waals surface area contributed by atoms with Crippen molar-refractivity contribution in [3.8, 4) is 0 Å². The Bertz CT molecular complexity index is 484. The summed E-state index contributed by atoms with van der Waals surface area (Å²) < 4.78 is 10.1. The highest BCUT2D eigenvalue weighted by atomic mass is 16.6. The van der Waals surface area contributed by atoms with Gasteiger partial charge in [-0.25, -0.2) is 9.59 Å². The lowest BCUT2D eigenvalue weighted by Crippen LogP contribution is -2.56. The molecule has 1 aliphatic rings. The van der Waals surface area contributed by atoms with Gasteiger partial charge in [-0.3, -0.25) is 4.79 Å². The Labute approximate surface area is 143 Å². The summed E-state index contributed by atoms with van der Waals surface area (Å²) in [4.78, 5) is 32.8. The molecule has 0 aliphatic carbocycles. The van der Waals surface area contributed by atoms with Gasteiger partial charge < -0.3 is 40.3 Å². The van der Waals surface area contributed by atoms with Crippen LogP contribution in [0.4, 0.5) is 4.79 Å². The van der Waals surface area contributed by atoms with Crippen LogP contribution in [0.2, 0.25) is 0 Å². The van der Waals surface area contributed by atoms with Crippen molar-refractivity contribution in [2.75, 3.05) is 6.61 Å². The van der Waals surface area contributed by atoms with Crippen LogP contribution in [0.1, 0.15) is 26.2 Å². The Kier molecular flexibility index (Phi) is 8.03. The van der Waals surface area contributed by atoms with E-state index < -0.39 is 61.0 Å². The second-order valence-electron chi connectivity index (χ2n) is 5.76. The van der Waals surface area contributed by atoms with E-state index in [1.165, 1.54) is 0 Å². The van der Waals surface area contributed by atoms with Gasteiger partial charge in [-0.15, -0.1) is 0 Å². The van der Waals surface area contributed by atoms with Crippen LogP contribution < -0.4 is 5.32 Å². The number of carbonyl (C=O) groups excluding carboxylic acids is 1. The number of carboxylic acids is 2. The van der Waals surface area contributed by atoms with Crippen molar-refractivity contribution >= 4 is 18.0 Å². The van der Waals surface area contributed by atoms with Gasteiger partial charge in [-0.05, 0) is 19.8 Å². The van der Waals surface area contributed by atoms with Crippen molar-refractivity contribution in [3.05, 3.63) is 0 Å². The number of aliphatic carboxylic acids is 2. The van der Waals surface area contributed by atoms with E-state index in [-0.39, 0.29) is 19.4 Å². The standard InChI is InChI=1S/C14H23NO10/c1-6-10(18)12(20)11(19)8(25-6)3-2-4-24-14(23)15-7(13(21)22)5-9(16)17/h6-8,10-12,18-20H,2-5H2,1H3,(H,15,23)(H,16,17)(H,21,22). The van der Waals surface area contributed by atoms with Crippen LogP contribution in [-0.4, -0.2) is 86.7 Å². The minimum Gasteiger partial charge on any atom is -0.481 e. The lowest BCUT2D eigenvalue weighted by molar-refractivity contribution is -0.218. The number of nitrogens with one attached hydrogen (secondary N) is 1. The summed E-state index contributed by atoms with van der Waals surface area (Å²) in [5.41, 5.74) is 0. The van der Waals surface area contributed by atoms with Crippen LogP contribution >= 0.6 is 0 Å². The van der Waals surface area contributed by atoms with E-state index in [0.29, 0.717) is 0 Å². The van der Waals surface area contributed by atoms with E-state index in [0.717, 1.165) is 0 Å². The molecule has 25 heavy (non-hydrogen) atoms. The zero-order chi connectivity index (χ0) is 19.1. The first kappa shape index (κ1) is 21.1. The SMILES string of the molecule is CC1OC(CCCOC(=O)NC(CC(=O)O)C(=O)O)C(O)C(O)C1O. The van der Waals surface area contributed by atoms with Gasteiger partial charge in [0.15, 0.2) is 0 Å². The van der Waals surface area contributed by atoms with Crippen LogP contribution in [0.3, 0.4) is 0 Å². The normalized spacial score (nSPS) is 30.3. The highest BCUT2D eigenvalue weighted by Gasteiger charge is 2.41. The largest absolute Gasteiger partial charge is 0.481 e. The number of aliphatic hydroxyl groups excluding tert-OH is 3. The third-order valence-corrected chi connectivity index (χ3v) is 3.79. The van der Waals surface area contributed by atoms with Crippen molar-refractivity contribution in [1.82, 2.24) is 5.32 Å². The molecule has 0 radical (unpaired) electrons. The molecule has 6 N–H and O–H groups in total. The molecule has 144 valence electrons. The molecule has 1 rings (SSSR count). The molecule has 1 heterocycles. The Morgan fingerprint density at radius 2 is 1.76 bits per heavy atom. The van der Waals surface area contributed by atoms with Gasteiger partial charge >= 0.3 is 18.0 Å². The van der Waals surface area contributed by atoms with Gasteiger partial charge in [0.2, 0.25) is 0 Å². The first-order chi connectivity index (χ1) is 11.6. The Morgan fingerprint density at radius 3 is 2.32 bits per heavy atom. The summed E-state index contributed by atoms with van der Waals surface area (Å²) in [6.45, 7) is 1.41. The van der Waals surface area contributed by atoms with Gasteiger partial charge in [0.05, 0.1) is 25.2 Å². The summed E-state index contributed by atoms with van der Waals surface area (Å²) in [6, 6.07) is -1.61. The van der Waals surface area contributed by atoms with E-state index >= 15 is 0 Å². The van der Waals surface area contributed by atoms with Gasteiger partial charge in [0.1, 0.15) is 24.4 Å². The topological polar surface area (TPSA) is 183 Å². The first-order valence-electron chi connectivity index (χ1n) is 7.71. The number of hydrogen-bond acceptors (Lipinski definition) is 8. The number of rotatable bonds is 8. The maximum atomic E-state index is 11.5. The molecular weight excluding hydrogens is 342 g/mol. The zero-order valence-electron chi connectivity index (χ0n) is 13.6. The van der Waals surface area contributed by atoms with Crippen molar-refractivity contribution < 1.29 is 49.4 Å². The third kappa shape index (κ3) is 6.46. The minimum absolute atomic E-state index is 0.134. The molecule has 11 nitrogen and oxygen atoms in total. The number of amides is 1. The maximum absolute atomic E-state index is 11.5. The first-order valence-corrected chi connectivity index (χ1v) is 7.71. The van der Waals surface area contributed by atoms with Crippen molar-refractivity contribution in [2.24, 2.45) is 0 Å². The zero-order valence-corrected chi connectivity index (χ0v) is 13.6. The average Bonchev–Trinajstić information content (AvgIpc) is 2.52. The number of carbonyl (C=O) groups is 3. The molecular formula is C14H23NO10. The Balaban J connectivity index is 2.33. The fourth-order valence-electron chi connectivity index (χ4n) is 2.38. The number of alkyl carbamates (subject to hydrolysis) is 1. The molecule has 1 saturated heterocycles. The summed E-state index contributed by atoms with van der Waals surface area (Å²) in [7, 11) is 0. The van der Waals surface area contributed by atoms with Crippen molar-refractivity contribution in [2.45, 2.75) is 62.7 Å². The molecule has 0 aromatic heterocycles. The highest BCUT2D eigenvalue weighted by molar-refractivity contribution is 5.84. The number of hydrogen-bond donors (Lipinski definition) is 6. The van der Waals surface area contributed by atoms with E-state index in [2.05, 4.69) is 0 Å². The quantitative estimate of drug-likeness (QED) is 0.271. The van der Waals surface area contributed by atoms with Crippen LogP contribution in [0.25, 0.3) is 0 Å². The summed E-state index contributed by atoms with van der Waals surface area (Å²) >= 11 is 0. The Hall–Kier alpha value is -1.95. The van der Waals surface area contributed by atoms with Gasteiger partial charge in [-0.1, -0.05) is 0 Å². The van der Waals surface area contributed by atoms with E-state index in [9.17, 15) is 29.7 Å². The molecule has 6 atom stereocenters. The molecule has 1 aliphatic heterocycles. The minimum atomic E-state index is -1.61. The van der Waals surface area contributed by atoms with Gasteiger partial charge in [-0.2, -0.15) is 0 Å². The van der Waals surface area contributed by atoms with E-state index in [1.54, 1.807) is 6.92 Å². The Morgan fingerprint density at radius 1 is 1.12 bits per heavy atom. The highest BCUT2D eigenvalue weighted by Crippen LogP contribution is 2.23. The summed E-state index contributed by atoms with van der Waals surface area (Å²) in [5, 5.41) is 48.3. The predicted molar refractivity (Wildman–Crippen MR) is 79.7 cm³/mol. The molecule has 1 fully saturated rings. The molecule has 0 bridgehead atoms. The number of carboxylic acid groups (broad SMARTS) is 2. The molecule has 0 aromatic carbocycles. The van der Waals surface area contributed by atoms with Crippen LogP contribution in [0, 0.1) is 0 Å². The summed E-state index contributed by atoms with van der Waals surface area (Å²) in [5.74, 6) is -2.88. The van der Waals surface area contributed by atoms with Crippen LogP contribution in [0.15, 0.2) is 0 Å². The van der Waals surface area contributed by atoms with Crippen LogP contribution in [-0.2, 0) is 19.1 Å². The molecule has 0 spiro atoms. The molecule has 1 amide bonds. The fourth-order valence-corrected chi connectivity index (χ4v) is 2.38. The molecule has 0 aromatic rings. The third-order valence-electron chi connectivity index (χ3n) is 3.79. The molecule has 6 unspecified atom stereocenters.